The number of thiol groups is 1. The molecule has 1 heterocycles. The zero-order chi connectivity index (χ0) is 9.84. The average molecular weight is 200 g/mol. The molecule has 0 N–H and O–H groups in total. The van der Waals surface area contributed by atoms with Crippen molar-refractivity contribution < 1.29 is 18.7 Å². The molecule has 0 saturated carbocycles. The summed E-state index contributed by atoms with van der Waals surface area (Å²) in [6.45, 7) is 0. The molecule has 13 heavy (non-hydrogen) atoms. The van der Waals surface area contributed by atoms with Crippen molar-refractivity contribution in [3.05, 3.63) is 23.7 Å². The Morgan fingerprint density at radius 1 is 1.54 bits per heavy atom. The lowest BCUT2D eigenvalue weighted by Gasteiger charge is -1.92. The van der Waals surface area contributed by atoms with Gasteiger partial charge in [-0.15, -0.1) is 12.6 Å². The second-order valence-electron chi connectivity index (χ2n) is 2.33. The van der Waals surface area contributed by atoms with Crippen LogP contribution in [0, 0.1) is 0 Å². The number of ether oxygens (including phenoxy) is 1. The van der Waals surface area contributed by atoms with Crippen LogP contribution < -0.4 is 0 Å². The molecule has 70 valence electrons. The zero-order valence-electron chi connectivity index (χ0n) is 6.94. The van der Waals surface area contributed by atoms with Gasteiger partial charge in [0.05, 0.1) is 13.5 Å². The van der Waals surface area contributed by atoms with Gasteiger partial charge in [0.2, 0.25) is 5.76 Å². The molecule has 0 amide bonds. The largest absolute Gasteiger partial charge is 0.463 e. The third-order valence-corrected chi connectivity index (χ3v) is 1.53. The first-order chi connectivity index (χ1) is 6.13. The number of hydrogen-bond donors (Lipinski definition) is 1. The molecule has 0 aliphatic heterocycles. The molecule has 0 unspecified atom stereocenters. The molecular formula is C8H8O4S. The monoisotopic (exact) mass is 200 g/mol. The Labute approximate surface area is 80.3 Å². The lowest BCUT2D eigenvalue weighted by Crippen LogP contribution is -1.98. The van der Waals surface area contributed by atoms with E-state index in [-0.39, 0.29) is 17.3 Å². The highest BCUT2D eigenvalue weighted by atomic mass is 32.1. The van der Waals surface area contributed by atoms with Crippen LogP contribution in [-0.2, 0) is 16.0 Å². The van der Waals surface area contributed by atoms with Gasteiger partial charge >= 0.3 is 5.97 Å². The second kappa shape index (κ2) is 4.13. The smallest absolute Gasteiger partial charge is 0.373 e. The van der Waals surface area contributed by atoms with E-state index in [0.29, 0.717) is 5.76 Å². The van der Waals surface area contributed by atoms with Gasteiger partial charge in [-0.25, -0.2) is 4.79 Å². The van der Waals surface area contributed by atoms with Crippen LogP contribution in [-0.4, -0.2) is 18.2 Å². The predicted molar refractivity (Wildman–Crippen MR) is 47.7 cm³/mol. The number of carbonyl (C=O) groups excluding carboxylic acids is 2. The van der Waals surface area contributed by atoms with Crippen LogP contribution in [0.3, 0.4) is 0 Å². The lowest BCUT2D eigenvalue weighted by molar-refractivity contribution is -0.110. The normalized spacial score (nSPS) is 9.69. The second-order valence-corrected chi connectivity index (χ2v) is 2.83. The van der Waals surface area contributed by atoms with E-state index in [1.165, 1.54) is 13.2 Å². The summed E-state index contributed by atoms with van der Waals surface area (Å²) in [5.41, 5.74) is 0. The van der Waals surface area contributed by atoms with E-state index < -0.39 is 5.97 Å². The summed E-state index contributed by atoms with van der Waals surface area (Å²) in [6.07, 6.45) is 0.0695. The molecular weight excluding hydrogens is 192 g/mol. The van der Waals surface area contributed by atoms with E-state index in [2.05, 4.69) is 17.4 Å². The molecule has 1 rings (SSSR count). The number of carbonyl (C=O) groups is 2. The minimum atomic E-state index is -0.558. The number of furan rings is 1. The fourth-order valence-electron chi connectivity index (χ4n) is 0.832. The van der Waals surface area contributed by atoms with E-state index in [0.717, 1.165) is 0 Å². The van der Waals surface area contributed by atoms with Gasteiger partial charge in [0.25, 0.3) is 0 Å². The van der Waals surface area contributed by atoms with Crippen LogP contribution >= 0.6 is 12.6 Å². The Morgan fingerprint density at radius 3 is 2.77 bits per heavy atom. The molecule has 0 aliphatic carbocycles. The summed E-state index contributed by atoms with van der Waals surface area (Å²) >= 11 is 3.58. The molecule has 1 aromatic heterocycles. The van der Waals surface area contributed by atoms with Crippen molar-refractivity contribution in [2.45, 2.75) is 6.42 Å². The van der Waals surface area contributed by atoms with Gasteiger partial charge in [-0.05, 0) is 12.1 Å². The summed E-state index contributed by atoms with van der Waals surface area (Å²) < 4.78 is 9.42. The number of hydrogen-bond acceptors (Lipinski definition) is 4. The molecule has 0 aromatic carbocycles. The van der Waals surface area contributed by atoms with Gasteiger partial charge in [0, 0.05) is 0 Å². The maximum absolute atomic E-state index is 10.9. The highest BCUT2D eigenvalue weighted by Crippen LogP contribution is 2.10. The summed E-state index contributed by atoms with van der Waals surface area (Å²) in [5.74, 6) is -0.0645. The van der Waals surface area contributed by atoms with Crippen molar-refractivity contribution in [1.82, 2.24) is 0 Å². The molecule has 0 saturated heterocycles. The number of rotatable bonds is 3. The maximum atomic E-state index is 10.9. The standard InChI is InChI=1S/C8H8O4S/c1-11-8(10)6-3-2-5(12-6)4-7(9)13/h2-3H,4H2,1H3,(H,9,13). The lowest BCUT2D eigenvalue weighted by atomic mass is 10.3. The van der Waals surface area contributed by atoms with E-state index in [9.17, 15) is 9.59 Å². The fourth-order valence-corrected chi connectivity index (χ4v) is 0.988. The first kappa shape index (κ1) is 9.85. The van der Waals surface area contributed by atoms with E-state index in [4.69, 9.17) is 4.42 Å². The summed E-state index contributed by atoms with van der Waals surface area (Å²) in [6, 6.07) is 3.00. The minimum Gasteiger partial charge on any atom is -0.463 e. The predicted octanol–water partition coefficient (Wildman–Crippen LogP) is 1.07. The van der Waals surface area contributed by atoms with Crippen molar-refractivity contribution in [2.24, 2.45) is 0 Å². The summed E-state index contributed by atoms with van der Waals surface area (Å²) in [7, 11) is 1.26. The summed E-state index contributed by atoms with van der Waals surface area (Å²) in [4.78, 5) is 21.4. The first-order valence-electron chi connectivity index (χ1n) is 3.52. The molecule has 0 atom stereocenters. The average Bonchev–Trinajstić information content (AvgIpc) is 2.50. The maximum Gasteiger partial charge on any atom is 0.373 e. The van der Waals surface area contributed by atoms with Gasteiger partial charge in [0.1, 0.15) is 5.76 Å². The van der Waals surface area contributed by atoms with Crippen molar-refractivity contribution >= 4 is 23.7 Å². The molecule has 0 fully saturated rings. The fraction of sp³-hybridized carbons (Fsp3) is 0.250. The number of esters is 1. The Hall–Kier alpha value is -1.23. The van der Waals surface area contributed by atoms with Crippen LogP contribution in [0.1, 0.15) is 16.3 Å². The van der Waals surface area contributed by atoms with E-state index in [1.54, 1.807) is 6.07 Å². The van der Waals surface area contributed by atoms with Crippen LogP contribution in [0.4, 0.5) is 0 Å². The van der Waals surface area contributed by atoms with Crippen LogP contribution in [0.5, 0.6) is 0 Å². The van der Waals surface area contributed by atoms with E-state index >= 15 is 0 Å². The van der Waals surface area contributed by atoms with Crippen LogP contribution in [0.25, 0.3) is 0 Å². The topological polar surface area (TPSA) is 56.5 Å². The highest BCUT2D eigenvalue weighted by Gasteiger charge is 2.11. The van der Waals surface area contributed by atoms with Crippen LogP contribution in [0.2, 0.25) is 0 Å². The number of methoxy groups -OCH3 is 1. The molecule has 0 aliphatic rings. The quantitative estimate of drug-likeness (QED) is 0.585. The Bertz CT molecular complexity index is 329. The zero-order valence-corrected chi connectivity index (χ0v) is 7.84. The van der Waals surface area contributed by atoms with Gasteiger partial charge in [-0.3, -0.25) is 4.79 Å². The molecule has 4 nitrogen and oxygen atoms in total. The molecule has 0 bridgehead atoms. The van der Waals surface area contributed by atoms with Crippen molar-refractivity contribution in [3.8, 4) is 0 Å². The molecule has 5 heteroatoms. The summed E-state index contributed by atoms with van der Waals surface area (Å²) in [5, 5.41) is -0.314. The Balaban J connectivity index is 2.74. The molecule has 1 aromatic rings. The SMILES string of the molecule is COC(=O)c1ccc(CC(=O)S)o1. The molecule has 0 radical (unpaired) electrons. The van der Waals surface area contributed by atoms with Gasteiger partial charge < -0.3 is 9.15 Å². The van der Waals surface area contributed by atoms with Gasteiger partial charge in [0.15, 0.2) is 5.12 Å². The Kier molecular flexibility index (Phi) is 3.13. The van der Waals surface area contributed by atoms with Gasteiger partial charge in [-0.1, -0.05) is 0 Å². The van der Waals surface area contributed by atoms with E-state index in [1.807, 2.05) is 0 Å². The van der Waals surface area contributed by atoms with Crippen LogP contribution in [0.15, 0.2) is 16.5 Å². The Morgan fingerprint density at radius 2 is 2.23 bits per heavy atom. The van der Waals surface area contributed by atoms with Gasteiger partial charge in [-0.2, -0.15) is 0 Å². The minimum absolute atomic E-state index is 0.0695. The molecule has 0 spiro atoms. The van der Waals surface area contributed by atoms with Crippen molar-refractivity contribution in [1.29, 1.82) is 0 Å². The third-order valence-electron chi connectivity index (χ3n) is 1.37. The van der Waals surface area contributed by atoms with Crippen molar-refractivity contribution in [2.75, 3.05) is 7.11 Å². The first-order valence-corrected chi connectivity index (χ1v) is 3.97. The van der Waals surface area contributed by atoms with Crippen molar-refractivity contribution in [3.63, 3.8) is 0 Å². The third kappa shape index (κ3) is 2.62. The highest BCUT2D eigenvalue weighted by molar-refractivity contribution is 7.96.